The molecule has 3 heterocycles. The number of H-pyrrole nitrogens is 1. The average molecular weight is 348 g/mol. The maximum Gasteiger partial charge on any atom is 0.323 e. The van der Waals surface area contributed by atoms with Crippen LogP contribution < -0.4 is 5.32 Å². The smallest absolute Gasteiger partial charge is 0.314 e. The van der Waals surface area contributed by atoms with E-state index in [1.54, 1.807) is 11.3 Å². The number of urea groups is 1. The van der Waals surface area contributed by atoms with Crippen LogP contribution in [-0.4, -0.2) is 37.6 Å². The Morgan fingerprint density at radius 3 is 3.04 bits per heavy atom. The van der Waals surface area contributed by atoms with Gasteiger partial charge in [0.1, 0.15) is 17.2 Å². The number of anilines is 1. The SMILES string of the molecule is Cc1nc(CC(C)C)c(NC(=O)N2CCCCC2c2ncn[nH]2)s1. The number of carbonyl (C=O) groups is 1. The summed E-state index contributed by atoms with van der Waals surface area (Å²) in [5.74, 6) is 1.26. The minimum Gasteiger partial charge on any atom is -0.314 e. The van der Waals surface area contributed by atoms with Crippen molar-refractivity contribution in [3.05, 3.63) is 22.9 Å². The molecule has 0 saturated carbocycles. The number of nitrogens with zero attached hydrogens (tertiary/aromatic N) is 4. The molecule has 0 bridgehead atoms. The first-order valence-electron chi connectivity index (χ1n) is 8.43. The van der Waals surface area contributed by atoms with Crippen molar-refractivity contribution in [1.82, 2.24) is 25.1 Å². The molecule has 2 amide bonds. The van der Waals surface area contributed by atoms with Crippen molar-refractivity contribution in [2.24, 2.45) is 5.92 Å². The van der Waals surface area contributed by atoms with Gasteiger partial charge >= 0.3 is 6.03 Å². The quantitative estimate of drug-likeness (QED) is 0.885. The van der Waals surface area contributed by atoms with Crippen LogP contribution in [0.4, 0.5) is 9.80 Å². The molecule has 0 spiro atoms. The number of piperidine rings is 1. The maximum absolute atomic E-state index is 12.9. The fourth-order valence-electron chi connectivity index (χ4n) is 3.10. The number of thiazole rings is 1. The highest BCUT2D eigenvalue weighted by molar-refractivity contribution is 7.16. The third-order valence-electron chi connectivity index (χ3n) is 4.14. The number of likely N-dealkylation sites (tertiary alicyclic amines) is 1. The van der Waals surface area contributed by atoms with Crippen LogP contribution in [0, 0.1) is 12.8 Å². The number of carbonyl (C=O) groups excluding carboxylic acids is 1. The summed E-state index contributed by atoms with van der Waals surface area (Å²) in [6.45, 7) is 7.02. The number of aryl methyl sites for hydroxylation is 1. The summed E-state index contributed by atoms with van der Waals surface area (Å²) < 4.78 is 0. The van der Waals surface area contributed by atoms with Gasteiger partial charge in [-0.1, -0.05) is 13.8 Å². The third kappa shape index (κ3) is 3.75. The Balaban J connectivity index is 1.76. The Morgan fingerprint density at radius 2 is 2.33 bits per heavy atom. The number of hydrogen-bond acceptors (Lipinski definition) is 5. The molecule has 1 fully saturated rings. The van der Waals surface area contributed by atoms with Gasteiger partial charge in [-0.3, -0.25) is 10.4 Å². The molecule has 8 heteroatoms. The molecule has 3 rings (SSSR count). The fraction of sp³-hybridized carbons (Fsp3) is 0.625. The van der Waals surface area contributed by atoms with Gasteiger partial charge in [0, 0.05) is 6.54 Å². The van der Waals surface area contributed by atoms with Crippen molar-refractivity contribution in [1.29, 1.82) is 0 Å². The summed E-state index contributed by atoms with van der Waals surface area (Å²) >= 11 is 1.54. The van der Waals surface area contributed by atoms with Gasteiger partial charge in [0.15, 0.2) is 0 Å². The maximum atomic E-state index is 12.9. The van der Waals surface area contributed by atoms with Crippen LogP contribution in [0.1, 0.15) is 55.7 Å². The van der Waals surface area contributed by atoms with Crippen molar-refractivity contribution in [3.8, 4) is 0 Å². The topological polar surface area (TPSA) is 86.8 Å². The summed E-state index contributed by atoms with van der Waals surface area (Å²) in [5, 5.41) is 11.8. The van der Waals surface area contributed by atoms with E-state index in [-0.39, 0.29) is 12.1 Å². The highest BCUT2D eigenvalue weighted by Crippen LogP contribution is 2.31. The first kappa shape index (κ1) is 16.9. The van der Waals surface area contributed by atoms with Crippen molar-refractivity contribution in [2.75, 3.05) is 11.9 Å². The van der Waals surface area contributed by atoms with Crippen LogP contribution in [0.3, 0.4) is 0 Å². The normalized spacial score (nSPS) is 18.2. The molecular weight excluding hydrogens is 324 g/mol. The van der Waals surface area contributed by atoms with Gasteiger partial charge in [0.2, 0.25) is 0 Å². The molecule has 2 aromatic heterocycles. The number of amides is 2. The average Bonchev–Trinajstić information content (AvgIpc) is 3.17. The molecule has 2 aromatic rings. The zero-order valence-electron chi connectivity index (χ0n) is 14.4. The minimum absolute atomic E-state index is 0.0381. The Kier molecular flexibility index (Phi) is 5.13. The standard InChI is InChI=1S/C16H24N6OS/c1-10(2)8-12-15(24-11(3)19-12)20-16(23)22-7-5-4-6-13(22)14-17-9-18-21-14/h9-10,13H,4-8H2,1-3H3,(H,20,23)(H,17,18,21). The number of nitrogens with one attached hydrogen (secondary N) is 2. The van der Waals surface area contributed by atoms with E-state index < -0.39 is 0 Å². The third-order valence-corrected chi connectivity index (χ3v) is 5.07. The second-order valence-corrected chi connectivity index (χ2v) is 7.82. The second kappa shape index (κ2) is 7.29. The molecular formula is C16H24N6OS. The van der Waals surface area contributed by atoms with Crippen LogP contribution in [0.5, 0.6) is 0 Å². The number of aromatic amines is 1. The van der Waals surface area contributed by atoms with Crippen LogP contribution in [0.25, 0.3) is 0 Å². The van der Waals surface area contributed by atoms with Gasteiger partial charge in [0.25, 0.3) is 0 Å². The fourth-order valence-corrected chi connectivity index (χ4v) is 3.93. The number of rotatable bonds is 4. The van der Waals surface area contributed by atoms with E-state index in [4.69, 9.17) is 0 Å². The first-order valence-corrected chi connectivity index (χ1v) is 9.25. The van der Waals surface area contributed by atoms with Crippen molar-refractivity contribution in [3.63, 3.8) is 0 Å². The molecule has 1 unspecified atom stereocenters. The molecule has 2 N–H and O–H groups in total. The zero-order chi connectivity index (χ0) is 17.1. The Labute approximate surface area is 145 Å². The van der Waals surface area contributed by atoms with Gasteiger partial charge in [-0.25, -0.2) is 14.8 Å². The van der Waals surface area contributed by atoms with Gasteiger partial charge in [0.05, 0.1) is 16.7 Å². The van der Waals surface area contributed by atoms with Crippen LogP contribution >= 0.6 is 11.3 Å². The molecule has 0 radical (unpaired) electrons. The number of aromatic nitrogens is 4. The van der Waals surface area contributed by atoms with E-state index in [2.05, 4.69) is 39.3 Å². The predicted molar refractivity (Wildman–Crippen MR) is 94.1 cm³/mol. The lowest BCUT2D eigenvalue weighted by atomic mass is 10.0. The Hall–Kier alpha value is -1.96. The Bertz CT molecular complexity index is 681. The molecule has 1 saturated heterocycles. The van der Waals surface area contributed by atoms with E-state index >= 15 is 0 Å². The predicted octanol–water partition coefficient (Wildman–Crippen LogP) is 3.53. The van der Waals surface area contributed by atoms with E-state index in [9.17, 15) is 4.79 Å². The zero-order valence-corrected chi connectivity index (χ0v) is 15.2. The summed E-state index contributed by atoms with van der Waals surface area (Å²) in [7, 11) is 0. The van der Waals surface area contributed by atoms with Crippen molar-refractivity contribution < 1.29 is 4.79 Å². The second-order valence-electron chi connectivity index (χ2n) is 6.61. The largest absolute Gasteiger partial charge is 0.323 e. The summed E-state index contributed by atoms with van der Waals surface area (Å²) in [6, 6.07) is -0.117. The molecule has 1 aliphatic rings. The Morgan fingerprint density at radius 1 is 1.50 bits per heavy atom. The van der Waals surface area contributed by atoms with E-state index in [1.807, 2.05) is 11.8 Å². The van der Waals surface area contributed by atoms with E-state index in [0.717, 1.165) is 53.8 Å². The molecule has 7 nitrogen and oxygen atoms in total. The summed E-state index contributed by atoms with van der Waals surface area (Å²) in [5.41, 5.74) is 0.981. The van der Waals surface area contributed by atoms with Crippen LogP contribution in [0.15, 0.2) is 6.33 Å². The molecule has 1 atom stereocenters. The lowest BCUT2D eigenvalue weighted by Crippen LogP contribution is -2.41. The van der Waals surface area contributed by atoms with E-state index in [0.29, 0.717) is 5.92 Å². The van der Waals surface area contributed by atoms with Crippen molar-refractivity contribution >= 4 is 22.4 Å². The molecule has 24 heavy (non-hydrogen) atoms. The minimum atomic E-state index is -0.0789. The van der Waals surface area contributed by atoms with Gasteiger partial charge in [-0.15, -0.1) is 11.3 Å². The van der Waals surface area contributed by atoms with Gasteiger partial charge in [-0.05, 0) is 38.5 Å². The van der Waals surface area contributed by atoms with Gasteiger partial charge < -0.3 is 4.90 Å². The first-order chi connectivity index (χ1) is 11.5. The molecule has 0 aromatic carbocycles. The molecule has 1 aliphatic heterocycles. The monoisotopic (exact) mass is 348 g/mol. The molecule has 0 aliphatic carbocycles. The van der Waals surface area contributed by atoms with Crippen LogP contribution in [-0.2, 0) is 6.42 Å². The summed E-state index contributed by atoms with van der Waals surface area (Å²) in [4.78, 5) is 23.5. The summed E-state index contributed by atoms with van der Waals surface area (Å²) in [6.07, 6.45) is 5.37. The lowest BCUT2D eigenvalue weighted by molar-refractivity contribution is 0.159. The number of hydrogen-bond donors (Lipinski definition) is 2. The lowest BCUT2D eigenvalue weighted by Gasteiger charge is -2.34. The van der Waals surface area contributed by atoms with E-state index in [1.165, 1.54) is 6.33 Å². The highest BCUT2D eigenvalue weighted by Gasteiger charge is 2.30. The molecule has 130 valence electrons. The van der Waals surface area contributed by atoms with Gasteiger partial charge in [-0.2, -0.15) is 5.10 Å². The van der Waals surface area contributed by atoms with Crippen molar-refractivity contribution in [2.45, 2.75) is 52.5 Å². The highest BCUT2D eigenvalue weighted by atomic mass is 32.1. The van der Waals surface area contributed by atoms with Crippen LogP contribution in [0.2, 0.25) is 0 Å².